The first kappa shape index (κ1) is 20.3. The van der Waals surface area contributed by atoms with E-state index in [2.05, 4.69) is 10.3 Å². The minimum Gasteiger partial charge on any atom is -0.468 e. The minimum atomic E-state index is -0.413. The van der Waals surface area contributed by atoms with E-state index in [9.17, 15) is 4.79 Å². The standard InChI is InChI=1S/C21H24N4O4/c1-24(13-16-7-5-4-6-8-16)21(26)28-14-19-20(22-23-25(19)2)17-9-11-18(12-10-17)29-15-27-3/h4-12H,13-15H2,1-3H3. The van der Waals surface area contributed by atoms with Crippen LogP contribution in [0.15, 0.2) is 54.6 Å². The smallest absolute Gasteiger partial charge is 0.410 e. The number of hydrogen-bond donors (Lipinski definition) is 0. The molecule has 0 saturated heterocycles. The van der Waals surface area contributed by atoms with E-state index in [0.717, 1.165) is 11.1 Å². The second-order valence-corrected chi connectivity index (χ2v) is 6.48. The van der Waals surface area contributed by atoms with E-state index in [1.165, 1.54) is 4.90 Å². The van der Waals surface area contributed by atoms with Crippen molar-refractivity contribution in [2.75, 3.05) is 21.0 Å². The van der Waals surface area contributed by atoms with Crippen molar-refractivity contribution in [1.29, 1.82) is 0 Å². The quantitative estimate of drug-likeness (QED) is 0.544. The fourth-order valence-corrected chi connectivity index (χ4v) is 2.76. The second-order valence-electron chi connectivity index (χ2n) is 6.48. The van der Waals surface area contributed by atoms with E-state index in [1.807, 2.05) is 54.6 Å². The summed E-state index contributed by atoms with van der Waals surface area (Å²) in [7, 11) is 5.04. The lowest BCUT2D eigenvalue weighted by atomic mass is 10.1. The highest BCUT2D eigenvalue weighted by Crippen LogP contribution is 2.24. The molecule has 2 aromatic carbocycles. The summed E-state index contributed by atoms with van der Waals surface area (Å²) in [6.07, 6.45) is -0.413. The van der Waals surface area contributed by atoms with E-state index < -0.39 is 6.09 Å². The Hall–Kier alpha value is -3.39. The average molecular weight is 396 g/mol. The molecule has 0 N–H and O–H groups in total. The Bertz CT molecular complexity index is 926. The van der Waals surface area contributed by atoms with Crippen molar-refractivity contribution < 1.29 is 19.0 Å². The fourth-order valence-electron chi connectivity index (χ4n) is 2.76. The van der Waals surface area contributed by atoms with Crippen LogP contribution in [0.5, 0.6) is 5.75 Å². The van der Waals surface area contributed by atoms with E-state index in [-0.39, 0.29) is 13.4 Å². The largest absolute Gasteiger partial charge is 0.468 e. The van der Waals surface area contributed by atoms with Crippen LogP contribution in [0.4, 0.5) is 4.79 Å². The van der Waals surface area contributed by atoms with Gasteiger partial charge in [0.2, 0.25) is 0 Å². The van der Waals surface area contributed by atoms with Crippen LogP contribution in [0.1, 0.15) is 11.3 Å². The molecule has 152 valence electrons. The van der Waals surface area contributed by atoms with Crippen LogP contribution in [0.2, 0.25) is 0 Å². The van der Waals surface area contributed by atoms with Crippen LogP contribution in [-0.4, -0.2) is 46.9 Å². The Kier molecular flexibility index (Phi) is 6.80. The number of hydrogen-bond acceptors (Lipinski definition) is 6. The molecule has 1 aromatic heterocycles. The van der Waals surface area contributed by atoms with Crippen LogP contribution in [0.3, 0.4) is 0 Å². The zero-order chi connectivity index (χ0) is 20.6. The summed E-state index contributed by atoms with van der Waals surface area (Å²) in [5.41, 5.74) is 3.25. The highest BCUT2D eigenvalue weighted by atomic mass is 16.7. The number of nitrogens with zero attached hydrogens (tertiary/aromatic N) is 4. The Balaban J connectivity index is 1.64. The van der Waals surface area contributed by atoms with Crippen molar-refractivity contribution in [2.45, 2.75) is 13.2 Å². The van der Waals surface area contributed by atoms with Crippen molar-refractivity contribution in [3.05, 3.63) is 65.9 Å². The van der Waals surface area contributed by atoms with Gasteiger partial charge in [-0.1, -0.05) is 35.5 Å². The predicted octanol–water partition coefficient (Wildman–Crippen LogP) is 3.23. The molecule has 8 nitrogen and oxygen atoms in total. The van der Waals surface area contributed by atoms with Gasteiger partial charge in [0.1, 0.15) is 23.7 Å². The molecule has 1 amide bonds. The molecule has 0 radical (unpaired) electrons. The van der Waals surface area contributed by atoms with Gasteiger partial charge in [-0.25, -0.2) is 9.48 Å². The molecule has 3 rings (SSSR count). The van der Waals surface area contributed by atoms with E-state index in [4.69, 9.17) is 14.2 Å². The summed E-state index contributed by atoms with van der Waals surface area (Å²) < 4.78 is 17.4. The zero-order valence-corrected chi connectivity index (χ0v) is 16.7. The normalized spacial score (nSPS) is 10.6. The van der Waals surface area contributed by atoms with E-state index in [1.54, 1.807) is 25.9 Å². The third-order valence-corrected chi connectivity index (χ3v) is 4.32. The summed E-state index contributed by atoms with van der Waals surface area (Å²) >= 11 is 0. The molecule has 0 spiro atoms. The van der Waals surface area contributed by atoms with Gasteiger partial charge in [-0.15, -0.1) is 5.10 Å². The second kappa shape index (κ2) is 9.70. The summed E-state index contributed by atoms with van der Waals surface area (Å²) in [6, 6.07) is 17.2. The number of carbonyl (C=O) groups is 1. The molecular formula is C21H24N4O4. The van der Waals surface area contributed by atoms with Gasteiger partial charge in [0.15, 0.2) is 6.79 Å². The molecule has 0 saturated carbocycles. The topological polar surface area (TPSA) is 78.7 Å². The van der Waals surface area contributed by atoms with Crippen LogP contribution in [-0.2, 0) is 29.7 Å². The average Bonchev–Trinajstić information content (AvgIpc) is 3.11. The molecule has 8 heteroatoms. The molecular weight excluding hydrogens is 372 g/mol. The molecule has 0 bridgehead atoms. The zero-order valence-electron chi connectivity index (χ0n) is 16.7. The lowest BCUT2D eigenvalue weighted by Gasteiger charge is -2.17. The predicted molar refractivity (Wildman–Crippen MR) is 107 cm³/mol. The number of ether oxygens (including phenoxy) is 3. The Morgan fingerprint density at radius 3 is 2.52 bits per heavy atom. The molecule has 29 heavy (non-hydrogen) atoms. The van der Waals surface area contributed by atoms with Gasteiger partial charge in [0, 0.05) is 33.3 Å². The molecule has 0 atom stereocenters. The lowest BCUT2D eigenvalue weighted by Crippen LogP contribution is -2.27. The summed E-state index contributed by atoms with van der Waals surface area (Å²) in [5.74, 6) is 0.690. The van der Waals surface area contributed by atoms with Crippen molar-refractivity contribution in [2.24, 2.45) is 7.05 Å². The third kappa shape index (κ3) is 5.32. The first-order valence-corrected chi connectivity index (χ1v) is 9.11. The maximum absolute atomic E-state index is 12.4. The highest BCUT2D eigenvalue weighted by molar-refractivity contribution is 5.68. The minimum absolute atomic E-state index is 0.0682. The van der Waals surface area contributed by atoms with Gasteiger partial charge in [0.05, 0.1) is 0 Å². The SMILES string of the molecule is COCOc1ccc(-c2nnn(C)c2COC(=O)N(C)Cc2ccccc2)cc1. The number of aromatic nitrogens is 3. The highest BCUT2D eigenvalue weighted by Gasteiger charge is 2.17. The molecule has 0 aliphatic heterocycles. The van der Waals surface area contributed by atoms with Crippen LogP contribution < -0.4 is 4.74 Å². The van der Waals surface area contributed by atoms with E-state index >= 15 is 0 Å². The van der Waals surface area contributed by atoms with Crippen LogP contribution >= 0.6 is 0 Å². The first-order valence-electron chi connectivity index (χ1n) is 9.11. The van der Waals surface area contributed by atoms with Gasteiger partial charge in [-0.3, -0.25) is 0 Å². The summed E-state index contributed by atoms with van der Waals surface area (Å²) in [5, 5.41) is 8.28. The molecule has 3 aromatic rings. The van der Waals surface area contributed by atoms with Gasteiger partial charge in [-0.05, 0) is 29.8 Å². The first-order chi connectivity index (χ1) is 14.1. The van der Waals surface area contributed by atoms with Crippen molar-refractivity contribution in [1.82, 2.24) is 19.9 Å². The molecule has 0 aliphatic carbocycles. The number of amides is 1. The Labute approximate surface area is 169 Å². The number of carbonyl (C=O) groups excluding carboxylic acids is 1. The maximum Gasteiger partial charge on any atom is 0.410 e. The molecule has 0 fully saturated rings. The number of benzene rings is 2. The van der Waals surface area contributed by atoms with E-state index in [0.29, 0.717) is 23.7 Å². The van der Waals surface area contributed by atoms with Gasteiger partial charge in [0.25, 0.3) is 0 Å². The van der Waals surface area contributed by atoms with Crippen LogP contribution in [0.25, 0.3) is 11.3 Å². The third-order valence-electron chi connectivity index (χ3n) is 4.32. The van der Waals surface area contributed by atoms with Gasteiger partial charge >= 0.3 is 6.09 Å². The Morgan fingerprint density at radius 1 is 1.10 bits per heavy atom. The van der Waals surface area contributed by atoms with Crippen molar-refractivity contribution in [3.63, 3.8) is 0 Å². The summed E-state index contributed by atoms with van der Waals surface area (Å²) in [4.78, 5) is 13.9. The van der Waals surface area contributed by atoms with Crippen molar-refractivity contribution >= 4 is 6.09 Å². The number of aryl methyl sites for hydroxylation is 1. The number of methoxy groups -OCH3 is 1. The Morgan fingerprint density at radius 2 is 1.83 bits per heavy atom. The molecule has 1 heterocycles. The fraction of sp³-hybridized carbons (Fsp3) is 0.286. The van der Waals surface area contributed by atoms with Crippen molar-refractivity contribution in [3.8, 4) is 17.0 Å². The molecule has 0 aliphatic rings. The van der Waals surface area contributed by atoms with Gasteiger partial charge in [-0.2, -0.15) is 0 Å². The van der Waals surface area contributed by atoms with Gasteiger partial charge < -0.3 is 19.1 Å². The number of rotatable bonds is 8. The molecule has 0 unspecified atom stereocenters. The monoisotopic (exact) mass is 396 g/mol. The lowest BCUT2D eigenvalue weighted by molar-refractivity contribution is 0.0511. The maximum atomic E-state index is 12.4. The summed E-state index contributed by atoms with van der Waals surface area (Å²) in [6.45, 7) is 0.722. The van der Waals surface area contributed by atoms with Crippen LogP contribution in [0, 0.1) is 0 Å².